The van der Waals surface area contributed by atoms with Crippen molar-refractivity contribution < 1.29 is 14.3 Å². The molecule has 0 saturated carbocycles. The number of aromatic nitrogens is 2. The van der Waals surface area contributed by atoms with Crippen LogP contribution in [-0.2, 0) is 9.53 Å². The number of esters is 1. The number of likely N-dealkylation sites (tertiary alicyclic amines) is 1. The third kappa shape index (κ3) is 3.71. The number of amides is 1. The monoisotopic (exact) mass is 395 g/mol. The van der Waals surface area contributed by atoms with Crippen LogP contribution in [0.1, 0.15) is 30.1 Å². The van der Waals surface area contributed by atoms with Gasteiger partial charge < -0.3 is 9.64 Å². The lowest BCUT2D eigenvalue weighted by molar-refractivity contribution is -0.138. The van der Waals surface area contributed by atoms with Crippen LogP contribution in [0.15, 0.2) is 54.0 Å². The summed E-state index contributed by atoms with van der Waals surface area (Å²) in [6, 6.07) is 13.4. The molecule has 0 aliphatic carbocycles. The van der Waals surface area contributed by atoms with E-state index >= 15 is 0 Å². The van der Waals surface area contributed by atoms with Gasteiger partial charge in [0.05, 0.1) is 10.6 Å². The van der Waals surface area contributed by atoms with Gasteiger partial charge in [-0.15, -0.1) is 11.3 Å². The van der Waals surface area contributed by atoms with Crippen molar-refractivity contribution in [2.75, 3.05) is 13.1 Å². The number of ether oxygens (including phenoxy) is 1. The summed E-state index contributed by atoms with van der Waals surface area (Å²) >= 11 is 1.50. The van der Waals surface area contributed by atoms with Crippen molar-refractivity contribution in [2.24, 2.45) is 0 Å². The first-order valence-electron chi connectivity index (χ1n) is 9.32. The Bertz CT molecular complexity index is 960. The van der Waals surface area contributed by atoms with Crippen molar-refractivity contribution in [3.63, 3.8) is 0 Å². The second-order valence-electron chi connectivity index (χ2n) is 6.73. The van der Waals surface area contributed by atoms with Gasteiger partial charge in [-0.3, -0.25) is 4.79 Å². The number of thiophene rings is 1. The first-order valence-corrected chi connectivity index (χ1v) is 10.2. The standard InChI is InChI=1S/C21H21N3O3S/c1-15(20(25)23-11-5-6-12-23)27-21(26)17-14-24(16-8-3-2-4-9-16)22-19(17)18-10-7-13-28-18/h2-4,7-10,13-15H,5-6,11-12H2,1H3/t15-/m1/s1. The smallest absolute Gasteiger partial charge is 0.342 e. The molecular formula is C21H21N3O3S. The third-order valence-corrected chi connectivity index (χ3v) is 5.64. The van der Waals surface area contributed by atoms with E-state index in [1.165, 1.54) is 11.3 Å². The first kappa shape index (κ1) is 18.4. The molecule has 1 fully saturated rings. The van der Waals surface area contributed by atoms with Crippen LogP contribution in [0.3, 0.4) is 0 Å². The topological polar surface area (TPSA) is 64.4 Å². The molecule has 28 heavy (non-hydrogen) atoms. The van der Waals surface area contributed by atoms with E-state index < -0.39 is 12.1 Å². The first-order chi connectivity index (χ1) is 13.6. The zero-order valence-corrected chi connectivity index (χ0v) is 16.4. The molecule has 0 radical (unpaired) electrons. The van der Waals surface area contributed by atoms with Crippen molar-refractivity contribution in [2.45, 2.75) is 25.9 Å². The molecule has 1 aromatic carbocycles. The lowest BCUT2D eigenvalue weighted by atomic mass is 10.2. The summed E-state index contributed by atoms with van der Waals surface area (Å²) in [6.45, 7) is 3.09. The van der Waals surface area contributed by atoms with Crippen molar-refractivity contribution in [3.8, 4) is 16.3 Å². The number of benzene rings is 1. The normalized spacial score (nSPS) is 14.8. The van der Waals surface area contributed by atoms with Gasteiger partial charge in [-0.05, 0) is 43.3 Å². The summed E-state index contributed by atoms with van der Waals surface area (Å²) in [5.41, 5.74) is 1.76. The molecule has 7 heteroatoms. The molecule has 1 aliphatic rings. The van der Waals surface area contributed by atoms with Crippen LogP contribution in [-0.4, -0.2) is 45.8 Å². The van der Waals surface area contributed by atoms with Crippen LogP contribution in [0.4, 0.5) is 0 Å². The zero-order chi connectivity index (χ0) is 19.5. The highest BCUT2D eigenvalue weighted by Crippen LogP contribution is 2.28. The molecule has 1 amide bonds. The van der Waals surface area contributed by atoms with E-state index in [4.69, 9.17) is 4.74 Å². The van der Waals surface area contributed by atoms with Crippen LogP contribution in [0.25, 0.3) is 16.3 Å². The van der Waals surface area contributed by atoms with E-state index in [-0.39, 0.29) is 5.91 Å². The maximum Gasteiger partial charge on any atom is 0.342 e. The molecule has 3 heterocycles. The van der Waals surface area contributed by atoms with Crippen LogP contribution in [0.5, 0.6) is 0 Å². The molecule has 6 nitrogen and oxygen atoms in total. The average Bonchev–Trinajstić information content (AvgIpc) is 3.49. The molecule has 1 atom stereocenters. The predicted octanol–water partition coefficient (Wildman–Crippen LogP) is 3.77. The Morgan fingerprint density at radius 1 is 1.11 bits per heavy atom. The average molecular weight is 395 g/mol. The van der Waals surface area contributed by atoms with Crippen LogP contribution in [0.2, 0.25) is 0 Å². The van der Waals surface area contributed by atoms with E-state index in [2.05, 4.69) is 5.10 Å². The Kier molecular flexibility index (Phi) is 5.25. The van der Waals surface area contributed by atoms with E-state index in [9.17, 15) is 9.59 Å². The molecule has 144 valence electrons. The van der Waals surface area contributed by atoms with Crippen LogP contribution in [0, 0.1) is 0 Å². The molecule has 0 N–H and O–H groups in total. The van der Waals surface area contributed by atoms with E-state index in [1.54, 1.807) is 22.7 Å². The van der Waals surface area contributed by atoms with Gasteiger partial charge >= 0.3 is 5.97 Å². The van der Waals surface area contributed by atoms with Crippen molar-refractivity contribution in [1.82, 2.24) is 14.7 Å². The second-order valence-corrected chi connectivity index (χ2v) is 7.68. The lowest BCUT2D eigenvalue weighted by Gasteiger charge is -2.20. The number of nitrogens with zero attached hydrogens (tertiary/aromatic N) is 3. The summed E-state index contributed by atoms with van der Waals surface area (Å²) in [4.78, 5) is 28.0. The number of hydrogen-bond donors (Lipinski definition) is 0. The van der Waals surface area contributed by atoms with Gasteiger partial charge in [0.1, 0.15) is 11.3 Å². The van der Waals surface area contributed by atoms with Crippen LogP contribution < -0.4 is 0 Å². The van der Waals surface area contributed by atoms with E-state index in [0.29, 0.717) is 11.3 Å². The molecule has 0 unspecified atom stereocenters. The fourth-order valence-electron chi connectivity index (χ4n) is 3.30. The molecule has 0 spiro atoms. The predicted molar refractivity (Wildman–Crippen MR) is 108 cm³/mol. The highest BCUT2D eigenvalue weighted by Gasteiger charge is 2.28. The Balaban J connectivity index is 1.61. The Morgan fingerprint density at radius 3 is 2.54 bits per heavy atom. The number of carbonyl (C=O) groups is 2. The number of para-hydroxylation sites is 1. The van der Waals surface area contributed by atoms with Gasteiger partial charge in [0.2, 0.25) is 0 Å². The Morgan fingerprint density at radius 2 is 1.86 bits per heavy atom. The summed E-state index contributed by atoms with van der Waals surface area (Å²) in [7, 11) is 0. The molecule has 2 aromatic heterocycles. The minimum Gasteiger partial charge on any atom is -0.449 e. The van der Waals surface area contributed by atoms with E-state index in [1.807, 2.05) is 47.8 Å². The largest absolute Gasteiger partial charge is 0.449 e. The Hall–Kier alpha value is -2.93. The quantitative estimate of drug-likeness (QED) is 0.617. The highest BCUT2D eigenvalue weighted by molar-refractivity contribution is 7.13. The van der Waals surface area contributed by atoms with Crippen molar-refractivity contribution >= 4 is 23.2 Å². The molecule has 1 saturated heterocycles. The fourth-order valence-corrected chi connectivity index (χ4v) is 4.02. The van der Waals surface area contributed by atoms with E-state index in [0.717, 1.165) is 36.5 Å². The highest BCUT2D eigenvalue weighted by atomic mass is 32.1. The maximum atomic E-state index is 12.9. The van der Waals surface area contributed by atoms with Gasteiger partial charge in [-0.1, -0.05) is 24.3 Å². The number of carbonyl (C=O) groups excluding carboxylic acids is 2. The number of hydrogen-bond acceptors (Lipinski definition) is 5. The van der Waals surface area contributed by atoms with Gasteiger partial charge in [0.25, 0.3) is 5.91 Å². The minimum atomic E-state index is -0.818. The lowest BCUT2D eigenvalue weighted by Crippen LogP contribution is -2.38. The molecule has 3 aromatic rings. The summed E-state index contributed by atoms with van der Waals surface area (Å²) in [5, 5.41) is 6.54. The summed E-state index contributed by atoms with van der Waals surface area (Å²) < 4.78 is 7.18. The molecular weight excluding hydrogens is 374 g/mol. The van der Waals surface area contributed by atoms with Gasteiger partial charge in [0.15, 0.2) is 6.10 Å². The van der Waals surface area contributed by atoms with Gasteiger partial charge in [0, 0.05) is 19.3 Å². The SMILES string of the molecule is C[C@@H](OC(=O)c1cn(-c2ccccc2)nc1-c1cccs1)C(=O)N1CCCC1. The van der Waals surface area contributed by atoms with Gasteiger partial charge in [-0.2, -0.15) is 5.10 Å². The summed E-state index contributed by atoms with van der Waals surface area (Å²) in [5.74, 6) is -0.676. The molecule has 4 rings (SSSR count). The maximum absolute atomic E-state index is 12.9. The minimum absolute atomic E-state index is 0.140. The van der Waals surface area contributed by atoms with Crippen LogP contribution >= 0.6 is 11.3 Å². The zero-order valence-electron chi connectivity index (χ0n) is 15.6. The third-order valence-electron chi connectivity index (χ3n) is 4.76. The van der Waals surface area contributed by atoms with Gasteiger partial charge in [-0.25, -0.2) is 9.48 Å². The summed E-state index contributed by atoms with van der Waals surface area (Å²) in [6.07, 6.45) is 2.85. The molecule has 0 bridgehead atoms. The second kappa shape index (κ2) is 7.98. The van der Waals surface area contributed by atoms with Crippen molar-refractivity contribution in [1.29, 1.82) is 0 Å². The fraction of sp³-hybridized carbons (Fsp3) is 0.286. The van der Waals surface area contributed by atoms with Crippen molar-refractivity contribution in [3.05, 3.63) is 59.6 Å². The number of rotatable bonds is 5. The Labute approximate surface area is 167 Å². The molecule has 1 aliphatic heterocycles.